The summed E-state index contributed by atoms with van der Waals surface area (Å²) in [6, 6.07) is 3.51. The maximum absolute atomic E-state index is 12.5. The molecule has 6 heteroatoms. The van der Waals surface area contributed by atoms with Crippen molar-refractivity contribution in [2.24, 2.45) is 5.92 Å². The van der Waals surface area contributed by atoms with E-state index in [2.05, 4.69) is 24.1 Å². The van der Waals surface area contributed by atoms with Gasteiger partial charge in [-0.25, -0.2) is 4.98 Å². The van der Waals surface area contributed by atoms with E-state index in [1.54, 1.807) is 33.3 Å². The third kappa shape index (κ3) is 5.80. The van der Waals surface area contributed by atoms with Crippen LogP contribution >= 0.6 is 0 Å². The third-order valence-corrected chi connectivity index (χ3v) is 3.57. The molecule has 0 aliphatic rings. The predicted octanol–water partition coefficient (Wildman–Crippen LogP) is 2.80. The zero-order chi connectivity index (χ0) is 17.5. The normalized spacial score (nSPS) is 13.7. The number of nitrogens with one attached hydrogen (secondary N) is 1. The quantitative estimate of drug-likeness (QED) is 0.707. The first kappa shape index (κ1) is 19.4. The van der Waals surface area contributed by atoms with Gasteiger partial charge < -0.3 is 19.5 Å². The van der Waals surface area contributed by atoms with Crippen LogP contribution in [0.2, 0.25) is 0 Å². The van der Waals surface area contributed by atoms with Crippen LogP contribution in [-0.4, -0.2) is 43.9 Å². The summed E-state index contributed by atoms with van der Waals surface area (Å²) in [6.45, 7) is 8.68. The van der Waals surface area contributed by atoms with E-state index in [9.17, 15) is 4.79 Å². The molecule has 1 amide bonds. The lowest BCUT2D eigenvalue weighted by molar-refractivity contribution is -0.137. The Morgan fingerprint density at radius 2 is 2.00 bits per heavy atom. The van der Waals surface area contributed by atoms with E-state index >= 15 is 0 Å². The molecule has 1 unspecified atom stereocenters. The van der Waals surface area contributed by atoms with E-state index in [0.717, 1.165) is 0 Å². The molecule has 6 nitrogen and oxygen atoms in total. The molecule has 1 N–H and O–H groups in total. The van der Waals surface area contributed by atoms with Crippen LogP contribution < -0.4 is 10.1 Å². The van der Waals surface area contributed by atoms with Gasteiger partial charge in [-0.15, -0.1) is 0 Å². The van der Waals surface area contributed by atoms with Gasteiger partial charge in [0.1, 0.15) is 12.2 Å². The van der Waals surface area contributed by atoms with Crippen LogP contribution in [0.15, 0.2) is 12.1 Å². The van der Waals surface area contributed by atoms with Gasteiger partial charge in [0.05, 0.1) is 18.0 Å². The number of ether oxygens (including phenoxy) is 3. The first-order valence-electron chi connectivity index (χ1n) is 7.78. The number of methoxy groups -OCH3 is 2. The molecular formula is C17H28N2O4. The van der Waals surface area contributed by atoms with E-state index in [4.69, 9.17) is 14.2 Å². The molecule has 0 aliphatic heterocycles. The first-order valence-corrected chi connectivity index (χ1v) is 7.78. The molecule has 1 aromatic rings. The molecule has 130 valence electrons. The van der Waals surface area contributed by atoms with Crippen molar-refractivity contribution in [3.05, 3.63) is 17.8 Å². The number of rotatable bonds is 9. The summed E-state index contributed by atoms with van der Waals surface area (Å²) < 4.78 is 15.8. The highest BCUT2D eigenvalue weighted by molar-refractivity contribution is 5.97. The van der Waals surface area contributed by atoms with E-state index in [1.807, 2.05) is 6.92 Å². The summed E-state index contributed by atoms with van der Waals surface area (Å²) in [4.78, 5) is 16.9. The molecule has 0 aromatic carbocycles. The van der Waals surface area contributed by atoms with E-state index in [0.29, 0.717) is 42.8 Å². The van der Waals surface area contributed by atoms with Crippen molar-refractivity contribution in [1.82, 2.24) is 4.98 Å². The maximum atomic E-state index is 12.5. The highest BCUT2D eigenvalue weighted by Gasteiger charge is 2.34. The Morgan fingerprint density at radius 3 is 2.52 bits per heavy atom. The second-order valence-electron chi connectivity index (χ2n) is 6.11. The van der Waals surface area contributed by atoms with Crippen molar-refractivity contribution in [3.63, 3.8) is 0 Å². The molecule has 1 atom stereocenters. The topological polar surface area (TPSA) is 69.7 Å². The molecule has 1 rings (SSSR count). The molecule has 23 heavy (non-hydrogen) atoms. The highest BCUT2D eigenvalue weighted by atomic mass is 16.5. The summed E-state index contributed by atoms with van der Waals surface area (Å²) in [5.74, 6) is 0.683. The van der Waals surface area contributed by atoms with Crippen LogP contribution in [0.1, 0.15) is 32.9 Å². The third-order valence-electron chi connectivity index (χ3n) is 3.57. The zero-order valence-corrected chi connectivity index (χ0v) is 14.9. The van der Waals surface area contributed by atoms with Crippen molar-refractivity contribution in [3.8, 4) is 5.88 Å². The molecule has 0 saturated carbocycles. The Kier molecular flexibility index (Phi) is 7.45. The lowest BCUT2D eigenvalue weighted by atomic mass is 9.93. The van der Waals surface area contributed by atoms with Gasteiger partial charge in [-0.3, -0.25) is 4.79 Å². The number of pyridine rings is 1. The minimum atomic E-state index is -0.867. The highest BCUT2D eigenvalue weighted by Crippen LogP contribution is 2.24. The lowest BCUT2D eigenvalue weighted by Crippen LogP contribution is -2.43. The van der Waals surface area contributed by atoms with Gasteiger partial charge in [0.15, 0.2) is 0 Å². The van der Waals surface area contributed by atoms with E-state index < -0.39 is 5.60 Å². The largest absolute Gasteiger partial charge is 0.475 e. The minimum absolute atomic E-state index is 0.174. The second kappa shape index (κ2) is 8.84. The number of anilines is 1. The van der Waals surface area contributed by atoms with Crippen LogP contribution in [0, 0.1) is 12.8 Å². The Hall–Kier alpha value is -1.66. The van der Waals surface area contributed by atoms with Crippen molar-refractivity contribution in [2.75, 3.05) is 32.8 Å². The number of hydrogen-bond donors (Lipinski definition) is 1. The molecule has 1 aromatic heterocycles. The number of amides is 1. The van der Waals surface area contributed by atoms with Crippen LogP contribution in [0.5, 0.6) is 5.88 Å². The minimum Gasteiger partial charge on any atom is -0.475 e. The number of aromatic nitrogens is 1. The van der Waals surface area contributed by atoms with Crippen molar-refractivity contribution in [2.45, 2.75) is 39.7 Å². The van der Waals surface area contributed by atoms with Gasteiger partial charge >= 0.3 is 0 Å². The number of hydrogen-bond acceptors (Lipinski definition) is 5. The van der Waals surface area contributed by atoms with Gasteiger partial charge in [0.2, 0.25) is 5.88 Å². The average molecular weight is 324 g/mol. The average Bonchev–Trinajstić information content (AvgIpc) is 2.49. The second-order valence-corrected chi connectivity index (χ2v) is 6.11. The number of carbonyl (C=O) groups is 1. The number of aryl methyl sites for hydroxylation is 1. The first-order chi connectivity index (χ1) is 10.8. The predicted molar refractivity (Wildman–Crippen MR) is 89.8 cm³/mol. The Bertz CT molecular complexity index is 519. The fraction of sp³-hybridized carbons (Fsp3) is 0.647. The van der Waals surface area contributed by atoms with Crippen LogP contribution in [0.3, 0.4) is 0 Å². The monoisotopic (exact) mass is 324 g/mol. The maximum Gasteiger partial charge on any atom is 0.256 e. The van der Waals surface area contributed by atoms with Crippen molar-refractivity contribution in [1.29, 1.82) is 0 Å². The SMILES string of the molecule is COCCOc1ccc(NC(=O)C(C)(CC(C)C)OC)c(C)n1. The molecule has 1 heterocycles. The van der Waals surface area contributed by atoms with E-state index in [-0.39, 0.29) is 5.91 Å². The molecule has 0 radical (unpaired) electrons. The molecule has 0 aliphatic carbocycles. The van der Waals surface area contributed by atoms with Gasteiger partial charge in [0.25, 0.3) is 5.91 Å². The van der Waals surface area contributed by atoms with Crippen LogP contribution in [-0.2, 0) is 14.3 Å². The summed E-state index contributed by atoms with van der Waals surface area (Å²) in [5, 5.41) is 2.89. The number of carbonyl (C=O) groups excluding carboxylic acids is 1. The van der Waals surface area contributed by atoms with Gasteiger partial charge in [0, 0.05) is 20.3 Å². The fourth-order valence-electron chi connectivity index (χ4n) is 2.28. The summed E-state index contributed by atoms with van der Waals surface area (Å²) in [6.07, 6.45) is 0.639. The summed E-state index contributed by atoms with van der Waals surface area (Å²) in [7, 11) is 3.17. The molecular weight excluding hydrogens is 296 g/mol. The van der Waals surface area contributed by atoms with Crippen molar-refractivity contribution >= 4 is 11.6 Å². The summed E-state index contributed by atoms with van der Waals surface area (Å²) >= 11 is 0. The molecule has 0 spiro atoms. The Morgan fingerprint density at radius 1 is 1.30 bits per heavy atom. The van der Waals surface area contributed by atoms with Crippen molar-refractivity contribution < 1.29 is 19.0 Å². The van der Waals surface area contributed by atoms with Crippen LogP contribution in [0.4, 0.5) is 5.69 Å². The van der Waals surface area contributed by atoms with Gasteiger partial charge in [-0.05, 0) is 32.3 Å². The smallest absolute Gasteiger partial charge is 0.256 e. The Labute approximate surface area is 138 Å². The van der Waals surface area contributed by atoms with E-state index in [1.165, 1.54) is 0 Å². The molecule has 0 fully saturated rings. The van der Waals surface area contributed by atoms with Gasteiger partial charge in [-0.1, -0.05) is 13.8 Å². The zero-order valence-electron chi connectivity index (χ0n) is 14.9. The van der Waals surface area contributed by atoms with Gasteiger partial charge in [-0.2, -0.15) is 0 Å². The molecule has 0 bridgehead atoms. The fourth-order valence-corrected chi connectivity index (χ4v) is 2.28. The summed E-state index contributed by atoms with van der Waals surface area (Å²) in [5.41, 5.74) is 0.478. The standard InChI is InChI=1S/C17H28N2O4/c1-12(2)11-17(4,22-6)16(20)19-14-7-8-15(18-13(14)3)23-10-9-21-5/h7-8,12H,9-11H2,1-6H3,(H,19,20). The lowest BCUT2D eigenvalue weighted by Gasteiger charge is -2.28. The Balaban J connectivity index is 2.78. The molecule has 0 saturated heterocycles. The number of nitrogens with zero attached hydrogens (tertiary/aromatic N) is 1. The van der Waals surface area contributed by atoms with Crippen LogP contribution in [0.25, 0.3) is 0 Å².